The number of benzene rings is 2. The summed E-state index contributed by atoms with van der Waals surface area (Å²) in [6.45, 7) is 1.53. The van der Waals surface area contributed by atoms with Crippen molar-refractivity contribution in [1.29, 1.82) is 0 Å². The first-order valence-electron chi connectivity index (χ1n) is 7.40. The van der Waals surface area contributed by atoms with Crippen LogP contribution in [0.2, 0.25) is 0 Å². The topological polar surface area (TPSA) is 114 Å². The first-order chi connectivity index (χ1) is 12.0. The fourth-order valence-electron chi connectivity index (χ4n) is 1.92. The van der Waals surface area contributed by atoms with Crippen LogP contribution in [0.3, 0.4) is 0 Å². The average molecular weight is 340 g/mol. The largest absolute Gasteiger partial charge is 0.340 e. The van der Waals surface area contributed by atoms with Crippen molar-refractivity contribution in [2.24, 2.45) is 5.10 Å². The van der Waals surface area contributed by atoms with Crippen molar-refractivity contribution in [2.75, 3.05) is 0 Å². The summed E-state index contributed by atoms with van der Waals surface area (Å²) in [6.07, 6.45) is 1.29. The Morgan fingerprint density at radius 2 is 1.88 bits per heavy atom. The van der Waals surface area contributed by atoms with E-state index < -0.39 is 16.9 Å². The third-order valence-electron chi connectivity index (χ3n) is 3.25. The molecule has 0 heterocycles. The van der Waals surface area contributed by atoms with Crippen LogP contribution in [-0.2, 0) is 4.79 Å². The maximum atomic E-state index is 12.0. The van der Waals surface area contributed by atoms with Crippen LogP contribution < -0.4 is 10.7 Å². The molecule has 8 nitrogen and oxygen atoms in total. The Balaban J connectivity index is 1.90. The molecule has 0 aliphatic heterocycles. The molecule has 0 aromatic heterocycles. The lowest BCUT2D eigenvalue weighted by Gasteiger charge is -2.12. The van der Waals surface area contributed by atoms with Crippen molar-refractivity contribution in [3.05, 3.63) is 75.8 Å². The summed E-state index contributed by atoms with van der Waals surface area (Å²) in [5.41, 5.74) is 3.13. The number of rotatable bonds is 6. The van der Waals surface area contributed by atoms with Gasteiger partial charge in [0.05, 0.1) is 11.1 Å². The van der Waals surface area contributed by atoms with Crippen molar-refractivity contribution in [3.8, 4) is 0 Å². The number of carbonyl (C=O) groups is 2. The summed E-state index contributed by atoms with van der Waals surface area (Å²) >= 11 is 0. The van der Waals surface area contributed by atoms with Crippen LogP contribution in [0, 0.1) is 10.1 Å². The highest BCUT2D eigenvalue weighted by atomic mass is 16.6. The van der Waals surface area contributed by atoms with Gasteiger partial charge in [0.15, 0.2) is 0 Å². The lowest BCUT2D eigenvalue weighted by Crippen LogP contribution is -2.43. The van der Waals surface area contributed by atoms with Crippen molar-refractivity contribution >= 4 is 23.7 Å². The molecule has 2 rings (SSSR count). The fraction of sp³-hybridized carbons (Fsp3) is 0.118. The van der Waals surface area contributed by atoms with E-state index in [9.17, 15) is 19.7 Å². The minimum absolute atomic E-state index is 0.0706. The molecule has 1 unspecified atom stereocenters. The Morgan fingerprint density at radius 1 is 1.16 bits per heavy atom. The number of hydrazone groups is 1. The van der Waals surface area contributed by atoms with E-state index in [4.69, 9.17) is 0 Å². The predicted molar refractivity (Wildman–Crippen MR) is 92.2 cm³/mol. The van der Waals surface area contributed by atoms with Crippen LogP contribution in [0.1, 0.15) is 22.8 Å². The highest BCUT2D eigenvalue weighted by Gasteiger charge is 2.15. The maximum Gasteiger partial charge on any atom is 0.270 e. The van der Waals surface area contributed by atoms with Gasteiger partial charge in [-0.3, -0.25) is 19.7 Å². The fourth-order valence-corrected chi connectivity index (χ4v) is 1.92. The molecule has 0 aliphatic carbocycles. The molecule has 8 heteroatoms. The molecule has 0 radical (unpaired) electrons. The molecule has 2 aromatic rings. The second kappa shape index (κ2) is 8.34. The van der Waals surface area contributed by atoms with Crippen molar-refractivity contribution in [1.82, 2.24) is 10.7 Å². The number of nitro groups is 1. The van der Waals surface area contributed by atoms with E-state index in [0.29, 0.717) is 11.1 Å². The molecule has 0 fully saturated rings. The van der Waals surface area contributed by atoms with Crippen LogP contribution in [0.15, 0.2) is 59.7 Å². The minimum atomic E-state index is -0.796. The van der Waals surface area contributed by atoms with E-state index in [-0.39, 0.29) is 11.6 Å². The molecule has 2 amide bonds. The van der Waals surface area contributed by atoms with Gasteiger partial charge in [0, 0.05) is 23.3 Å². The first kappa shape index (κ1) is 17.8. The predicted octanol–water partition coefficient (Wildman–Crippen LogP) is 1.86. The number of hydrogen-bond donors (Lipinski definition) is 2. The van der Waals surface area contributed by atoms with E-state index in [1.54, 1.807) is 36.4 Å². The molecule has 2 aromatic carbocycles. The lowest BCUT2D eigenvalue weighted by molar-refractivity contribution is -0.384. The van der Waals surface area contributed by atoms with Gasteiger partial charge < -0.3 is 5.32 Å². The third kappa shape index (κ3) is 5.24. The SMILES string of the molecule is CC(NC(=O)c1ccccc1)C(=O)NN=Cc1cccc([N+](=O)[O-])c1. The van der Waals surface area contributed by atoms with Gasteiger partial charge in [-0.05, 0) is 19.1 Å². The van der Waals surface area contributed by atoms with Crippen LogP contribution in [0.25, 0.3) is 0 Å². The molecule has 25 heavy (non-hydrogen) atoms. The van der Waals surface area contributed by atoms with Crippen molar-refractivity contribution in [3.63, 3.8) is 0 Å². The van der Waals surface area contributed by atoms with Gasteiger partial charge in [-0.1, -0.05) is 30.3 Å². The van der Waals surface area contributed by atoms with E-state index in [2.05, 4.69) is 15.8 Å². The smallest absolute Gasteiger partial charge is 0.270 e. The maximum absolute atomic E-state index is 12.0. The Kier molecular flexibility index (Phi) is 5.94. The first-order valence-corrected chi connectivity index (χ1v) is 7.40. The normalized spacial score (nSPS) is 11.7. The molecule has 0 aliphatic rings. The molecule has 0 saturated carbocycles. The molecule has 2 N–H and O–H groups in total. The summed E-state index contributed by atoms with van der Waals surface area (Å²) in [5, 5.41) is 17.0. The zero-order valence-corrected chi connectivity index (χ0v) is 13.4. The van der Waals surface area contributed by atoms with E-state index in [1.165, 1.54) is 31.3 Å². The molecule has 0 spiro atoms. The molecule has 0 bridgehead atoms. The zero-order valence-electron chi connectivity index (χ0n) is 13.4. The standard InChI is InChI=1S/C17H16N4O4/c1-12(19-17(23)14-7-3-2-4-8-14)16(22)20-18-11-13-6-5-9-15(10-13)21(24)25/h2-12H,1H3,(H,19,23)(H,20,22). The van der Waals surface area contributed by atoms with Gasteiger partial charge in [-0.15, -0.1) is 0 Å². The summed E-state index contributed by atoms with van der Waals surface area (Å²) in [7, 11) is 0. The summed E-state index contributed by atoms with van der Waals surface area (Å²) in [5.74, 6) is -0.878. The van der Waals surface area contributed by atoms with Gasteiger partial charge in [-0.2, -0.15) is 5.10 Å². The number of amides is 2. The second-order valence-corrected chi connectivity index (χ2v) is 5.15. The summed E-state index contributed by atoms with van der Waals surface area (Å²) in [6, 6.07) is 13.5. The van der Waals surface area contributed by atoms with E-state index in [1.807, 2.05) is 0 Å². The monoisotopic (exact) mass is 340 g/mol. The molecular weight excluding hydrogens is 324 g/mol. The van der Waals surface area contributed by atoms with Gasteiger partial charge >= 0.3 is 0 Å². The summed E-state index contributed by atoms with van der Waals surface area (Å²) < 4.78 is 0. The molecule has 128 valence electrons. The van der Waals surface area contributed by atoms with E-state index >= 15 is 0 Å². The van der Waals surface area contributed by atoms with Gasteiger partial charge in [-0.25, -0.2) is 5.43 Å². The highest BCUT2D eigenvalue weighted by molar-refractivity contribution is 5.97. The number of non-ortho nitro benzene ring substituents is 1. The second-order valence-electron chi connectivity index (χ2n) is 5.15. The minimum Gasteiger partial charge on any atom is -0.340 e. The number of nitrogens with one attached hydrogen (secondary N) is 2. The van der Waals surface area contributed by atoms with Crippen LogP contribution in [0.4, 0.5) is 5.69 Å². The number of carbonyl (C=O) groups excluding carboxylic acids is 2. The van der Waals surface area contributed by atoms with Crippen LogP contribution in [0.5, 0.6) is 0 Å². The third-order valence-corrected chi connectivity index (χ3v) is 3.25. The van der Waals surface area contributed by atoms with Gasteiger partial charge in [0.1, 0.15) is 6.04 Å². The van der Waals surface area contributed by atoms with Gasteiger partial charge in [0.2, 0.25) is 0 Å². The zero-order chi connectivity index (χ0) is 18.2. The highest BCUT2D eigenvalue weighted by Crippen LogP contribution is 2.11. The molecular formula is C17H16N4O4. The van der Waals surface area contributed by atoms with E-state index in [0.717, 1.165) is 0 Å². The Bertz CT molecular complexity index is 805. The van der Waals surface area contributed by atoms with Gasteiger partial charge in [0.25, 0.3) is 17.5 Å². The molecule has 0 saturated heterocycles. The quantitative estimate of drug-likeness (QED) is 0.474. The number of hydrogen-bond acceptors (Lipinski definition) is 5. The average Bonchev–Trinajstić information content (AvgIpc) is 2.62. The Morgan fingerprint density at radius 3 is 2.56 bits per heavy atom. The van der Waals surface area contributed by atoms with Crippen LogP contribution >= 0.6 is 0 Å². The number of nitrogens with zero attached hydrogens (tertiary/aromatic N) is 2. The van der Waals surface area contributed by atoms with Crippen LogP contribution in [-0.4, -0.2) is 29.0 Å². The number of nitro benzene ring substituents is 1. The van der Waals surface area contributed by atoms with Crippen molar-refractivity contribution < 1.29 is 14.5 Å². The molecule has 1 atom stereocenters. The Hall–Kier alpha value is -3.55. The van der Waals surface area contributed by atoms with Crippen molar-refractivity contribution in [2.45, 2.75) is 13.0 Å². The summed E-state index contributed by atoms with van der Waals surface area (Å²) in [4.78, 5) is 34.1. The lowest BCUT2D eigenvalue weighted by atomic mass is 10.2. The Labute approximate surface area is 143 Å².